The van der Waals surface area contributed by atoms with Gasteiger partial charge in [-0.2, -0.15) is 0 Å². The molecule has 7 heteroatoms. The molecule has 0 saturated carbocycles. The van der Waals surface area contributed by atoms with E-state index in [0.717, 1.165) is 18.9 Å². The van der Waals surface area contributed by atoms with Gasteiger partial charge >= 0.3 is 16.6 Å². The molecule has 112 valence electrons. The number of phosphoric acid groups is 1. The summed E-state index contributed by atoms with van der Waals surface area (Å²) < 4.78 is 30.9. The molecule has 0 amide bonds. The van der Waals surface area contributed by atoms with Crippen LogP contribution in [0.1, 0.15) is 71.1 Å². The van der Waals surface area contributed by atoms with E-state index in [1.165, 1.54) is 51.4 Å². The lowest BCUT2D eigenvalue weighted by Crippen LogP contribution is -2.43. The summed E-state index contributed by atoms with van der Waals surface area (Å²) >= 11 is 0. The average Bonchev–Trinajstić information content (AvgIpc) is 2.85. The lowest BCUT2D eigenvalue weighted by Gasteiger charge is -2.26. The van der Waals surface area contributed by atoms with Crippen molar-refractivity contribution in [2.45, 2.75) is 77.2 Å². The van der Waals surface area contributed by atoms with Gasteiger partial charge in [0.05, 0.1) is 0 Å². The molecule has 0 atom stereocenters. The summed E-state index contributed by atoms with van der Waals surface area (Å²) in [6.45, 7) is 2.25. The Labute approximate surface area is 116 Å². The fraction of sp³-hybridized carbons (Fsp3) is 1.00. The topological polar surface area (TPSA) is 54.0 Å². The molecule has 0 radical (unpaired) electrons. The van der Waals surface area contributed by atoms with Gasteiger partial charge in [0.25, 0.3) is 0 Å². The van der Waals surface area contributed by atoms with Gasteiger partial charge in [-0.05, 0) is 6.42 Å². The minimum Gasteiger partial charge on any atom is -0.275 e. The van der Waals surface area contributed by atoms with E-state index in [0.29, 0.717) is 0 Å². The summed E-state index contributed by atoms with van der Waals surface area (Å²) in [6, 6.07) is 0.730. The number of fused-ring (bicyclic) bond motifs is 1. The third-order valence-electron chi connectivity index (χ3n) is 3.59. The van der Waals surface area contributed by atoms with Crippen LogP contribution in [0.25, 0.3) is 0 Å². The van der Waals surface area contributed by atoms with Gasteiger partial charge in [-0.3, -0.25) is 8.43 Å². The Balaban J connectivity index is 1.36. The molecule has 0 aromatic carbocycles. The first-order valence-corrected chi connectivity index (χ1v) is 11.0. The van der Waals surface area contributed by atoms with E-state index in [4.69, 9.17) is 13.0 Å². The zero-order valence-corrected chi connectivity index (χ0v) is 13.7. The lowest BCUT2D eigenvalue weighted by atomic mass is 10.1. The molecule has 0 aromatic heterocycles. The third-order valence-corrected chi connectivity index (χ3v) is 9.31. The van der Waals surface area contributed by atoms with Crippen LogP contribution in [0.3, 0.4) is 0 Å². The molecule has 19 heavy (non-hydrogen) atoms. The largest absolute Gasteiger partial charge is 0.547 e. The van der Waals surface area contributed by atoms with Crippen molar-refractivity contribution in [3.8, 4) is 0 Å². The van der Waals surface area contributed by atoms with Crippen molar-refractivity contribution in [3.63, 3.8) is 0 Å². The number of rotatable bonds is 11. The highest BCUT2D eigenvalue weighted by Crippen LogP contribution is 2.71. The van der Waals surface area contributed by atoms with Crippen molar-refractivity contribution in [1.29, 1.82) is 0 Å². The number of hydrogen-bond acceptors (Lipinski definition) is 5. The first-order chi connectivity index (χ1) is 9.18. The highest BCUT2D eigenvalue weighted by Gasteiger charge is 2.71. The summed E-state index contributed by atoms with van der Waals surface area (Å²) in [5, 5.41) is 0. The van der Waals surface area contributed by atoms with Crippen LogP contribution in [0, 0.1) is 0 Å². The Hall–Kier alpha value is 0.287. The molecule has 0 unspecified atom stereocenters. The zero-order valence-electron chi connectivity index (χ0n) is 11.8. The summed E-state index contributed by atoms with van der Waals surface area (Å²) in [6.07, 6.45) is 12.9. The smallest absolute Gasteiger partial charge is 0.275 e. The highest BCUT2D eigenvalue weighted by molar-refractivity contribution is 7.56. The first kappa shape index (κ1) is 15.7. The molecule has 3 rings (SSSR count). The first-order valence-electron chi connectivity index (χ1n) is 7.57. The van der Waals surface area contributed by atoms with Crippen LogP contribution in [0.15, 0.2) is 0 Å². The van der Waals surface area contributed by atoms with Gasteiger partial charge in [0.1, 0.15) is 0 Å². The molecule has 0 aromatic rings. The number of hydrogen-bond donors (Lipinski definition) is 0. The van der Waals surface area contributed by atoms with E-state index in [-0.39, 0.29) is 0 Å². The van der Waals surface area contributed by atoms with E-state index < -0.39 is 16.6 Å². The molecule has 3 fully saturated rings. The van der Waals surface area contributed by atoms with E-state index in [1.54, 1.807) is 0 Å². The summed E-state index contributed by atoms with van der Waals surface area (Å²) in [7, 11) is -5.80. The van der Waals surface area contributed by atoms with Crippen molar-refractivity contribution < 1.29 is 22.2 Å². The second-order valence-electron chi connectivity index (χ2n) is 5.40. The summed E-state index contributed by atoms with van der Waals surface area (Å²) in [4.78, 5) is 0. The van der Waals surface area contributed by atoms with Crippen molar-refractivity contribution in [1.82, 2.24) is 0 Å². The predicted octanol–water partition coefficient (Wildman–Crippen LogP) is 4.96. The fourth-order valence-corrected chi connectivity index (χ4v) is 8.06. The molecule has 3 heterocycles. The Morgan fingerprint density at radius 2 is 1.37 bits per heavy atom. The molecule has 3 aliphatic heterocycles. The number of unbranched alkanes of at least 4 members (excludes halogenated alkanes) is 9. The van der Waals surface area contributed by atoms with Crippen molar-refractivity contribution in [2.24, 2.45) is 0 Å². The van der Waals surface area contributed by atoms with Gasteiger partial charge in [0.15, 0.2) is 0 Å². The van der Waals surface area contributed by atoms with Crippen molar-refractivity contribution in [2.75, 3.05) is 0 Å². The Morgan fingerprint density at radius 1 is 0.842 bits per heavy atom. The SMILES string of the molecule is CCCCCCCCCCCC[Si]12OOP(=O)(O1)O2. The van der Waals surface area contributed by atoms with Crippen molar-refractivity contribution in [3.05, 3.63) is 0 Å². The molecule has 0 N–H and O–H groups in total. The molecule has 5 nitrogen and oxygen atoms in total. The van der Waals surface area contributed by atoms with Crippen LogP contribution >= 0.6 is 7.82 Å². The average molecular weight is 308 g/mol. The van der Waals surface area contributed by atoms with Gasteiger partial charge in [-0.1, -0.05) is 64.7 Å². The lowest BCUT2D eigenvalue weighted by molar-refractivity contribution is -0.0879. The van der Waals surface area contributed by atoms with Gasteiger partial charge in [-0.15, -0.1) is 4.67 Å². The van der Waals surface area contributed by atoms with Crippen molar-refractivity contribution >= 4 is 16.6 Å². The van der Waals surface area contributed by atoms with Crippen LogP contribution < -0.4 is 0 Å². The third kappa shape index (κ3) is 4.65. The zero-order chi connectivity index (χ0) is 13.6. The summed E-state index contributed by atoms with van der Waals surface area (Å²) in [5.41, 5.74) is 0. The quantitative estimate of drug-likeness (QED) is 0.234. The molecular formula is C12H25O5PSi. The Bertz CT molecular complexity index is 315. The van der Waals surface area contributed by atoms with Crippen LogP contribution in [-0.2, 0) is 22.2 Å². The van der Waals surface area contributed by atoms with Crippen LogP contribution in [0.4, 0.5) is 0 Å². The minimum absolute atomic E-state index is 0.730. The van der Waals surface area contributed by atoms with E-state index >= 15 is 0 Å². The van der Waals surface area contributed by atoms with E-state index in [2.05, 4.69) is 11.6 Å². The Kier molecular flexibility index (Phi) is 6.05. The molecule has 3 aliphatic rings. The second-order valence-corrected chi connectivity index (χ2v) is 9.94. The molecule has 0 aliphatic carbocycles. The molecule has 0 spiro atoms. The van der Waals surface area contributed by atoms with E-state index in [1.807, 2.05) is 0 Å². The summed E-state index contributed by atoms with van der Waals surface area (Å²) in [5.74, 6) is 0. The van der Waals surface area contributed by atoms with Gasteiger partial charge in [0.2, 0.25) is 0 Å². The maximum absolute atomic E-state index is 11.2. The molecule has 2 bridgehead atoms. The maximum Gasteiger partial charge on any atom is 0.547 e. The van der Waals surface area contributed by atoms with E-state index in [9.17, 15) is 4.57 Å². The molecular weight excluding hydrogens is 283 g/mol. The van der Waals surface area contributed by atoms with Gasteiger partial charge < -0.3 is 0 Å². The van der Waals surface area contributed by atoms with Gasteiger partial charge in [-0.25, -0.2) is 9.14 Å². The molecule has 3 saturated heterocycles. The fourth-order valence-electron chi connectivity index (χ4n) is 2.47. The maximum atomic E-state index is 11.2. The Morgan fingerprint density at radius 3 is 1.84 bits per heavy atom. The van der Waals surface area contributed by atoms with Crippen LogP contribution in [-0.4, -0.2) is 8.80 Å². The monoisotopic (exact) mass is 308 g/mol. The normalized spacial score (nSPS) is 32.5. The van der Waals surface area contributed by atoms with Crippen LogP contribution in [0.5, 0.6) is 0 Å². The standard InChI is InChI=1S/C12H25O5PSi/c1-2-3-4-5-6-7-8-9-10-11-12-19-15-14-18(13,16-19)17-19/h2-12H2,1H3. The second kappa shape index (κ2) is 7.34. The van der Waals surface area contributed by atoms with Crippen LogP contribution in [0.2, 0.25) is 6.04 Å². The predicted molar refractivity (Wildman–Crippen MR) is 74.4 cm³/mol. The van der Waals surface area contributed by atoms with Gasteiger partial charge in [0, 0.05) is 6.04 Å². The highest BCUT2D eigenvalue weighted by atomic mass is 31.2. The minimum atomic E-state index is -3.21.